The fraction of sp³-hybridized carbons (Fsp3) is 0.361. The lowest BCUT2D eigenvalue weighted by atomic mass is 9.97. The molecule has 0 aliphatic carbocycles. The van der Waals surface area contributed by atoms with Gasteiger partial charge in [-0.3, -0.25) is 0 Å². The van der Waals surface area contributed by atoms with Crippen LogP contribution in [0.4, 0.5) is 0 Å². The molecule has 362 valence electrons. The maximum Gasteiger partial charge on any atom is 0.339 e. The molecule has 0 bridgehead atoms. The van der Waals surface area contributed by atoms with Gasteiger partial charge in [0.2, 0.25) is 0 Å². The van der Waals surface area contributed by atoms with Gasteiger partial charge in [0.1, 0.15) is 6.10 Å². The first-order valence-corrected chi connectivity index (χ1v) is 28.7. The number of rotatable bonds is 23. The highest BCUT2D eigenvalue weighted by molar-refractivity contribution is 7.00. The molecule has 0 spiro atoms. The molecule has 6 nitrogen and oxygen atoms in total. The van der Waals surface area contributed by atoms with Crippen molar-refractivity contribution >= 4 is 43.4 Å². The van der Waals surface area contributed by atoms with Crippen LogP contribution in [0.15, 0.2) is 182 Å². The Bertz CT molecular complexity index is 2380. The number of aliphatic hydroxyl groups is 1. The van der Waals surface area contributed by atoms with Crippen molar-refractivity contribution in [2.24, 2.45) is 5.92 Å². The Morgan fingerprint density at radius 3 is 1.48 bits per heavy atom. The zero-order chi connectivity index (χ0) is 49.2. The van der Waals surface area contributed by atoms with Crippen LogP contribution in [-0.4, -0.2) is 59.2 Å². The van der Waals surface area contributed by atoms with E-state index in [1.165, 1.54) is 20.7 Å². The molecular weight excluding hydrogens is 885 g/mol. The van der Waals surface area contributed by atoms with E-state index in [4.69, 9.17) is 18.3 Å². The smallest absolute Gasteiger partial charge is 0.339 e. The van der Waals surface area contributed by atoms with Crippen molar-refractivity contribution in [2.75, 3.05) is 13.2 Å². The Kier molecular flexibility index (Phi) is 19.6. The molecule has 0 aromatic heterocycles. The highest BCUT2D eigenvalue weighted by atomic mass is 28.4. The number of esters is 1. The average molecular weight is 959 g/mol. The van der Waals surface area contributed by atoms with Crippen molar-refractivity contribution in [3.63, 3.8) is 0 Å². The van der Waals surface area contributed by atoms with Crippen molar-refractivity contribution in [3.8, 4) is 11.8 Å². The van der Waals surface area contributed by atoms with Crippen LogP contribution in [0.1, 0.15) is 103 Å². The maximum absolute atomic E-state index is 13.3. The van der Waals surface area contributed by atoms with E-state index in [0.29, 0.717) is 51.1 Å². The Hall–Kier alpha value is -5.38. The second-order valence-corrected chi connectivity index (χ2v) is 28.9. The average Bonchev–Trinajstić information content (AvgIpc) is 3.36. The summed E-state index contributed by atoms with van der Waals surface area (Å²) in [6, 6.07) is 62.2. The van der Waals surface area contributed by atoms with E-state index in [1.807, 2.05) is 48.5 Å². The van der Waals surface area contributed by atoms with Gasteiger partial charge in [-0.1, -0.05) is 230 Å². The summed E-state index contributed by atoms with van der Waals surface area (Å²) in [7, 11) is -5.69. The molecule has 1 N–H and O–H groups in total. The summed E-state index contributed by atoms with van der Waals surface area (Å²) in [6.07, 6.45) is 1.82. The molecule has 69 heavy (non-hydrogen) atoms. The van der Waals surface area contributed by atoms with Gasteiger partial charge in [0.05, 0.1) is 12.2 Å². The number of aliphatic hydroxyl groups excluding tert-OH is 1. The Balaban J connectivity index is 1.24. The predicted octanol–water partition coefficient (Wildman–Crippen LogP) is 11.3. The van der Waals surface area contributed by atoms with E-state index in [1.54, 1.807) is 12.1 Å². The fourth-order valence-corrected chi connectivity index (χ4v) is 18.9. The lowest BCUT2D eigenvalue weighted by Gasteiger charge is -2.46. The minimum atomic E-state index is -2.97. The lowest BCUT2D eigenvalue weighted by molar-refractivity contribution is 0.0366. The van der Waals surface area contributed by atoms with Gasteiger partial charge >= 0.3 is 5.97 Å². The number of carbonyl (C=O) groups is 1. The normalized spacial score (nSPS) is 13.9. The van der Waals surface area contributed by atoms with Crippen molar-refractivity contribution < 1.29 is 28.2 Å². The Labute approximate surface area is 415 Å². The second kappa shape index (κ2) is 25.5. The van der Waals surface area contributed by atoms with Gasteiger partial charge in [-0.15, -0.1) is 0 Å². The number of hydrogen-bond acceptors (Lipinski definition) is 6. The van der Waals surface area contributed by atoms with Crippen molar-refractivity contribution in [2.45, 2.75) is 122 Å². The van der Waals surface area contributed by atoms with E-state index in [-0.39, 0.29) is 22.1 Å². The summed E-state index contributed by atoms with van der Waals surface area (Å²) < 4.78 is 27.1. The number of ether oxygens (including phenoxy) is 2. The first-order valence-electron chi connectivity index (χ1n) is 24.8. The van der Waals surface area contributed by atoms with Crippen LogP contribution in [0.25, 0.3) is 0 Å². The van der Waals surface area contributed by atoms with Crippen molar-refractivity contribution in [3.05, 3.63) is 193 Å². The van der Waals surface area contributed by atoms with E-state index in [2.05, 4.69) is 182 Å². The summed E-state index contributed by atoms with van der Waals surface area (Å²) in [5.74, 6) is 6.04. The second-order valence-electron chi connectivity index (χ2n) is 20.4. The van der Waals surface area contributed by atoms with Crippen molar-refractivity contribution in [1.29, 1.82) is 0 Å². The van der Waals surface area contributed by atoms with E-state index < -0.39 is 34.8 Å². The molecular formula is C61H74O6Si2. The van der Waals surface area contributed by atoms with Crippen LogP contribution in [0, 0.1) is 17.8 Å². The molecule has 0 fully saturated rings. The molecule has 0 aliphatic heterocycles. The molecule has 6 rings (SSSR count). The molecule has 6 aromatic carbocycles. The minimum absolute atomic E-state index is 0.125. The maximum atomic E-state index is 13.3. The van der Waals surface area contributed by atoms with Gasteiger partial charge in [0.15, 0.2) is 6.10 Å². The minimum Gasteiger partial charge on any atom is -0.446 e. The van der Waals surface area contributed by atoms with Crippen LogP contribution in [-0.2, 0) is 24.9 Å². The van der Waals surface area contributed by atoms with Gasteiger partial charge in [-0.2, -0.15) is 0 Å². The van der Waals surface area contributed by atoms with Crippen LogP contribution < -0.4 is 20.7 Å². The van der Waals surface area contributed by atoms with Gasteiger partial charge in [-0.25, -0.2) is 4.79 Å². The molecule has 0 aliphatic rings. The van der Waals surface area contributed by atoms with Crippen LogP contribution in [0.3, 0.4) is 0 Å². The topological polar surface area (TPSA) is 74.2 Å². The summed E-state index contributed by atoms with van der Waals surface area (Å²) in [4.78, 5) is 13.3. The van der Waals surface area contributed by atoms with E-state index >= 15 is 0 Å². The SMILES string of the molecule is C[C@@H](CCO[Si](c1ccccc1)(c1ccccc1)C(C)(C)C)C[C@@H](CCC(O)C#C[C@@H](CCCOCc1ccccc1)OC(=O)c1ccccc1)O[Si](c1ccccc1)(c1ccccc1)C(C)(C)C. The Morgan fingerprint density at radius 2 is 1.00 bits per heavy atom. The summed E-state index contributed by atoms with van der Waals surface area (Å²) in [5.41, 5.74) is 1.56. The molecule has 6 aromatic rings. The van der Waals surface area contributed by atoms with Gasteiger partial charge < -0.3 is 23.4 Å². The molecule has 1 unspecified atom stereocenters. The standard InChI is InChI=1S/C61H74O6Si2/c1-49(44-46-65-68(60(2,3)4,55-32-18-10-19-33-55)56-34-20-11-21-35-56)47-54(67-69(61(5,6)7,57-36-22-12-23-37-57)58-38-24-13-25-39-58)43-41-52(62)40-42-53(66-59(63)51-29-16-9-17-30-51)31-26-45-64-48-50-27-14-8-15-28-50/h8-25,27-30,32-39,49,52-54,62H,26,31,41,43-48H2,1-7H3/t49-,52?,53+,54+/m0/s1. The van der Waals surface area contributed by atoms with Crippen LogP contribution in [0.5, 0.6) is 0 Å². The van der Waals surface area contributed by atoms with Gasteiger partial charge in [-0.05, 0) is 93.0 Å². The summed E-state index contributed by atoms with van der Waals surface area (Å²) in [6.45, 7) is 17.8. The highest BCUT2D eigenvalue weighted by Crippen LogP contribution is 2.40. The zero-order valence-corrected chi connectivity index (χ0v) is 44.0. The largest absolute Gasteiger partial charge is 0.446 e. The molecule has 0 radical (unpaired) electrons. The molecule has 4 atom stereocenters. The monoisotopic (exact) mass is 959 g/mol. The Morgan fingerprint density at radius 1 is 0.551 bits per heavy atom. The zero-order valence-electron chi connectivity index (χ0n) is 42.0. The first kappa shape index (κ1) is 53.0. The van der Waals surface area contributed by atoms with E-state index in [0.717, 1.165) is 18.4 Å². The number of hydrogen-bond donors (Lipinski definition) is 1. The molecule has 0 amide bonds. The highest BCUT2D eigenvalue weighted by Gasteiger charge is 2.52. The third-order valence-electron chi connectivity index (χ3n) is 13.1. The van der Waals surface area contributed by atoms with Gasteiger partial charge in [0, 0.05) is 19.3 Å². The predicted molar refractivity (Wildman–Crippen MR) is 288 cm³/mol. The van der Waals surface area contributed by atoms with Crippen molar-refractivity contribution in [1.82, 2.24) is 0 Å². The fourth-order valence-electron chi connectivity index (χ4n) is 9.58. The third-order valence-corrected chi connectivity index (χ3v) is 23.2. The van der Waals surface area contributed by atoms with E-state index in [9.17, 15) is 9.90 Å². The first-order chi connectivity index (χ1) is 33.2. The molecule has 0 saturated heterocycles. The molecule has 8 heteroatoms. The van der Waals surface area contributed by atoms with Gasteiger partial charge in [0.25, 0.3) is 16.6 Å². The number of benzene rings is 6. The molecule has 0 heterocycles. The molecule has 0 saturated carbocycles. The lowest BCUT2D eigenvalue weighted by Crippen LogP contribution is -2.67. The number of carbonyl (C=O) groups excluding carboxylic acids is 1. The summed E-state index contributed by atoms with van der Waals surface area (Å²) in [5, 5.41) is 16.3. The summed E-state index contributed by atoms with van der Waals surface area (Å²) >= 11 is 0. The van der Waals surface area contributed by atoms with Crippen LogP contribution in [0.2, 0.25) is 10.1 Å². The quantitative estimate of drug-likeness (QED) is 0.0298. The van der Waals surface area contributed by atoms with Crippen LogP contribution >= 0.6 is 0 Å². The third kappa shape index (κ3) is 14.4.